The summed E-state index contributed by atoms with van der Waals surface area (Å²) in [5.74, 6) is -1.78. The molecular formula is C22H27FN2O4S. The van der Waals surface area contributed by atoms with E-state index >= 15 is 0 Å². The molecular weight excluding hydrogens is 407 g/mol. The van der Waals surface area contributed by atoms with Crippen LogP contribution in [0.2, 0.25) is 0 Å². The van der Waals surface area contributed by atoms with E-state index in [1.54, 1.807) is 45.9 Å². The number of hydrogen-bond donors (Lipinski definition) is 1. The van der Waals surface area contributed by atoms with Gasteiger partial charge in [-0.25, -0.2) is 9.18 Å². The molecule has 0 fully saturated rings. The van der Waals surface area contributed by atoms with Gasteiger partial charge in [0.2, 0.25) is 5.91 Å². The maximum Gasteiger partial charge on any atom is 0.341 e. The van der Waals surface area contributed by atoms with E-state index in [1.807, 2.05) is 6.92 Å². The molecule has 2 aromatic rings. The Bertz CT molecular complexity index is 963. The molecule has 1 aromatic carbocycles. The molecule has 1 N–H and O–H groups in total. The number of anilines is 1. The summed E-state index contributed by atoms with van der Waals surface area (Å²) in [5, 5.41) is 3.19. The summed E-state index contributed by atoms with van der Waals surface area (Å²) in [7, 11) is 1.51. The van der Waals surface area contributed by atoms with Crippen LogP contribution < -0.4 is 5.32 Å². The van der Waals surface area contributed by atoms with E-state index in [4.69, 9.17) is 4.74 Å². The lowest BCUT2D eigenvalue weighted by atomic mass is 9.96. The van der Waals surface area contributed by atoms with Gasteiger partial charge in [0.25, 0.3) is 5.91 Å². The van der Waals surface area contributed by atoms with Crippen LogP contribution in [0.4, 0.5) is 9.39 Å². The molecule has 0 bridgehead atoms. The van der Waals surface area contributed by atoms with Crippen molar-refractivity contribution >= 4 is 34.1 Å². The van der Waals surface area contributed by atoms with Crippen molar-refractivity contribution in [2.24, 2.45) is 5.41 Å². The molecule has 2 amide bonds. The highest BCUT2D eigenvalue weighted by molar-refractivity contribution is 7.16. The van der Waals surface area contributed by atoms with Crippen LogP contribution in [0, 0.1) is 25.1 Å². The van der Waals surface area contributed by atoms with Gasteiger partial charge in [0, 0.05) is 29.4 Å². The number of thiophene rings is 1. The van der Waals surface area contributed by atoms with Gasteiger partial charge in [-0.1, -0.05) is 39.0 Å². The minimum absolute atomic E-state index is 0.0620. The van der Waals surface area contributed by atoms with Crippen LogP contribution in [0.25, 0.3) is 0 Å². The van der Waals surface area contributed by atoms with Crippen molar-refractivity contribution in [1.29, 1.82) is 0 Å². The Balaban J connectivity index is 2.06. The number of amides is 2. The van der Waals surface area contributed by atoms with Gasteiger partial charge in [-0.2, -0.15) is 0 Å². The summed E-state index contributed by atoms with van der Waals surface area (Å²) in [6.07, 6.45) is 0. The molecule has 1 heterocycles. The molecule has 0 saturated carbocycles. The molecule has 30 heavy (non-hydrogen) atoms. The highest BCUT2D eigenvalue weighted by atomic mass is 32.1. The molecule has 8 heteroatoms. The minimum Gasteiger partial charge on any atom is -0.452 e. The smallest absolute Gasteiger partial charge is 0.341 e. The summed E-state index contributed by atoms with van der Waals surface area (Å²) in [5.41, 5.74) is 0.690. The van der Waals surface area contributed by atoms with E-state index < -0.39 is 29.7 Å². The Morgan fingerprint density at radius 3 is 2.40 bits per heavy atom. The quantitative estimate of drug-likeness (QED) is 0.688. The molecule has 2 rings (SSSR count). The average molecular weight is 435 g/mol. The second-order valence-corrected chi connectivity index (χ2v) is 9.33. The Morgan fingerprint density at radius 2 is 1.80 bits per heavy atom. The van der Waals surface area contributed by atoms with Crippen LogP contribution in [0.5, 0.6) is 0 Å². The molecule has 0 aliphatic carbocycles. The Morgan fingerprint density at radius 1 is 1.17 bits per heavy atom. The Hall–Kier alpha value is -2.74. The van der Waals surface area contributed by atoms with E-state index in [0.717, 1.165) is 4.88 Å². The third-order valence-corrected chi connectivity index (χ3v) is 5.74. The molecule has 1 aromatic heterocycles. The molecule has 6 nitrogen and oxygen atoms in total. The number of benzene rings is 1. The predicted octanol–water partition coefficient (Wildman–Crippen LogP) is 4.30. The second kappa shape index (κ2) is 9.38. The van der Waals surface area contributed by atoms with E-state index in [0.29, 0.717) is 16.1 Å². The molecule has 0 saturated heterocycles. The van der Waals surface area contributed by atoms with Gasteiger partial charge in [-0.3, -0.25) is 9.59 Å². The highest BCUT2D eigenvalue weighted by Gasteiger charge is 2.27. The number of ether oxygens (including phenoxy) is 1. The molecule has 0 spiro atoms. The normalized spacial score (nSPS) is 11.2. The van der Waals surface area contributed by atoms with E-state index in [-0.39, 0.29) is 18.0 Å². The maximum absolute atomic E-state index is 13.8. The van der Waals surface area contributed by atoms with Crippen molar-refractivity contribution in [3.8, 4) is 0 Å². The molecule has 0 aliphatic heterocycles. The first-order valence-electron chi connectivity index (χ1n) is 9.47. The number of hydrogen-bond acceptors (Lipinski definition) is 5. The lowest BCUT2D eigenvalue weighted by Gasteiger charge is -2.18. The monoisotopic (exact) mass is 434 g/mol. The van der Waals surface area contributed by atoms with Gasteiger partial charge in [-0.05, 0) is 25.5 Å². The van der Waals surface area contributed by atoms with Crippen LogP contribution in [-0.2, 0) is 20.9 Å². The fraction of sp³-hybridized carbons (Fsp3) is 0.409. The van der Waals surface area contributed by atoms with Crippen LogP contribution >= 0.6 is 11.3 Å². The lowest BCUT2D eigenvalue weighted by molar-refractivity contribution is -0.133. The molecule has 0 unspecified atom stereocenters. The fourth-order valence-corrected chi connectivity index (χ4v) is 3.57. The van der Waals surface area contributed by atoms with Crippen molar-refractivity contribution in [3.63, 3.8) is 0 Å². The summed E-state index contributed by atoms with van der Waals surface area (Å²) in [6, 6.07) is 6.17. The van der Waals surface area contributed by atoms with Gasteiger partial charge in [-0.15, -0.1) is 11.3 Å². The first kappa shape index (κ1) is 23.5. The number of aryl methyl sites for hydroxylation is 1. The van der Waals surface area contributed by atoms with E-state index in [2.05, 4.69) is 5.32 Å². The molecule has 0 atom stereocenters. The fourth-order valence-electron chi connectivity index (χ4n) is 2.53. The third kappa shape index (κ3) is 5.66. The number of nitrogens with one attached hydrogen (secondary N) is 1. The lowest BCUT2D eigenvalue weighted by Crippen LogP contribution is -2.31. The van der Waals surface area contributed by atoms with Crippen molar-refractivity contribution in [2.75, 3.05) is 19.0 Å². The highest BCUT2D eigenvalue weighted by Crippen LogP contribution is 2.34. The van der Waals surface area contributed by atoms with E-state index in [9.17, 15) is 18.8 Å². The van der Waals surface area contributed by atoms with Crippen LogP contribution in [-0.4, -0.2) is 36.3 Å². The molecule has 0 radical (unpaired) electrons. The zero-order valence-electron chi connectivity index (χ0n) is 18.1. The largest absolute Gasteiger partial charge is 0.452 e. The standard InChI is InChI=1S/C22H27FN2O4S/c1-13-14(2)30-19(24-21(28)22(3,4)5)18(13)20(27)29-12-17(26)25(6)11-15-9-7-8-10-16(15)23/h7-10H,11-12H2,1-6H3,(H,24,28). The van der Waals surface area contributed by atoms with Crippen molar-refractivity contribution < 1.29 is 23.5 Å². The summed E-state index contributed by atoms with van der Waals surface area (Å²) in [4.78, 5) is 39.5. The Kier molecular flexibility index (Phi) is 7.36. The minimum atomic E-state index is -0.686. The third-order valence-electron chi connectivity index (χ3n) is 4.62. The molecule has 0 aliphatic rings. The van der Waals surface area contributed by atoms with Gasteiger partial charge >= 0.3 is 5.97 Å². The van der Waals surface area contributed by atoms with E-state index in [1.165, 1.54) is 29.4 Å². The summed E-state index contributed by atoms with van der Waals surface area (Å²) >= 11 is 1.29. The molecule has 162 valence electrons. The number of likely N-dealkylation sites (N-methyl/N-ethyl adjacent to an activating group) is 1. The number of nitrogens with zero attached hydrogens (tertiary/aromatic N) is 1. The number of carbonyl (C=O) groups is 3. The zero-order valence-corrected chi connectivity index (χ0v) is 18.9. The van der Waals surface area contributed by atoms with Gasteiger partial charge in [0.05, 0.1) is 5.56 Å². The van der Waals surface area contributed by atoms with Gasteiger partial charge in [0.1, 0.15) is 10.8 Å². The first-order chi connectivity index (χ1) is 13.9. The van der Waals surface area contributed by atoms with Crippen molar-refractivity contribution in [2.45, 2.75) is 41.2 Å². The average Bonchev–Trinajstić information content (AvgIpc) is 2.94. The van der Waals surface area contributed by atoms with Crippen LogP contribution in [0.3, 0.4) is 0 Å². The number of esters is 1. The summed E-state index contributed by atoms with van der Waals surface area (Å²) < 4.78 is 19.0. The summed E-state index contributed by atoms with van der Waals surface area (Å²) in [6.45, 7) is 8.52. The number of carbonyl (C=O) groups excluding carboxylic acids is 3. The van der Waals surface area contributed by atoms with Gasteiger partial charge in [0.15, 0.2) is 6.61 Å². The number of halogens is 1. The zero-order chi connectivity index (χ0) is 22.6. The SMILES string of the molecule is Cc1sc(NC(=O)C(C)(C)C)c(C(=O)OCC(=O)N(C)Cc2ccccc2F)c1C. The topological polar surface area (TPSA) is 75.7 Å². The van der Waals surface area contributed by atoms with Crippen molar-refractivity contribution in [1.82, 2.24) is 4.90 Å². The van der Waals surface area contributed by atoms with Crippen molar-refractivity contribution in [3.05, 3.63) is 51.7 Å². The van der Waals surface area contributed by atoms with Crippen LogP contribution in [0.15, 0.2) is 24.3 Å². The maximum atomic E-state index is 13.8. The second-order valence-electron chi connectivity index (χ2n) is 8.11. The van der Waals surface area contributed by atoms with Gasteiger partial charge < -0.3 is 15.0 Å². The van der Waals surface area contributed by atoms with Crippen LogP contribution in [0.1, 0.15) is 47.1 Å². The predicted molar refractivity (Wildman–Crippen MR) is 115 cm³/mol. The number of rotatable bonds is 6. The Labute approximate surface area is 180 Å². The first-order valence-corrected chi connectivity index (χ1v) is 10.3.